The maximum Gasteiger partial charge on any atom is 0.230 e. The molecule has 1 aromatic carbocycles. The van der Waals surface area contributed by atoms with Gasteiger partial charge in [0.15, 0.2) is 11.0 Å². The number of carbonyl (C=O) groups excluding carboxylic acids is 1. The van der Waals surface area contributed by atoms with Crippen molar-refractivity contribution in [1.29, 1.82) is 0 Å². The molecular formula is C23H29N5OS2. The molecule has 2 aromatic heterocycles. The van der Waals surface area contributed by atoms with Crippen molar-refractivity contribution in [3.63, 3.8) is 0 Å². The molecule has 0 bridgehead atoms. The van der Waals surface area contributed by atoms with Crippen LogP contribution in [0.15, 0.2) is 46.9 Å². The highest BCUT2D eigenvalue weighted by Crippen LogP contribution is 2.28. The van der Waals surface area contributed by atoms with Gasteiger partial charge in [0.05, 0.1) is 11.8 Å². The van der Waals surface area contributed by atoms with Crippen LogP contribution in [0.5, 0.6) is 0 Å². The third-order valence-electron chi connectivity index (χ3n) is 5.70. The van der Waals surface area contributed by atoms with Gasteiger partial charge in [-0.3, -0.25) is 9.69 Å². The second kappa shape index (κ2) is 10.4. The van der Waals surface area contributed by atoms with Crippen molar-refractivity contribution in [3.05, 3.63) is 52.2 Å². The SMILES string of the molecule is CCn1c(SCC(=O)NCC(c2cccs2)N2CCCC2)nnc1-c1ccccc1C. The number of hydrogen-bond acceptors (Lipinski definition) is 6. The van der Waals surface area contributed by atoms with Gasteiger partial charge in [-0.05, 0) is 56.8 Å². The number of aromatic nitrogens is 3. The Morgan fingerprint density at radius 3 is 2.71 bits per heavy atom. The van der Waals surface area contributed by atoms with E-state index in [1.165, 1.54) is 35.0 Å². The summed E-state index contributed by atoms with van der Waals surface area (Å²) in [5.41, 5.74) is 2.25. The highest BCUT2D eigenvalue weighted by Gasteiger charge is 2.25. The van der Waals surface area contributed by atoms with Crippen molar-refractivity contribution in [2.75, 3.05) is 25.4 Å². The van der Waals surface area contributed by atoms with Crippen molar-refractivity contribution in [3.8, 4) is 11.4 Å². The maximum atomic E-state index is 12.6. The van der Waals surface area contributed by atoms with Gasteiger partial charge in [0, 0.05) is 23.5 Å². The van der Waals surface area contributed by atoms with Crippen LogP contribution < -0.4 is 5.32 Å². The van der Waals surface area contributed by atoms with Gasteiger partial charge in [-0.15, -0.1) is 21.5 Å². The molecule has 0 spiro atoms. The van der Waals surface area contributed by atoms with Gasteiger partial charge in [0.2, 0.25) is 5.91 Å². The van der Waals surface area contributed by atoms with Gasteiger partial charge in [-0.2, -0.15) is 0 Å². The molecule has 1 N–H and O–H groups in total. The number of hydrogen-bond donors (Lipinski definition) is 1. The number of carbonyl (C=O) groups is 1. The standard InChI is InChI=1S/C23H29N5OS2/c1-3-28-22(18-10-5-4-9-17(18)2)25-26-23(28)31-16-21(29)24-15-19(20-11-8-14-30-20)27-12-6-7-13-27/h4-5,8-11,14,19H,3,6-7,12-13,15-16H2,1-2H3,(H,24,29). The largest absolute Gasteiger partial charge is 0.353 e. The third-order valence-corrected chi connectivity index (χ3v) is 7.64. The van der Waals surface area contributed by atoms with E-state index in [1.54, 1.807) is 11.3 Å². The summed E-state index contributed by atoms with van der Waals surface area (Å²) in [4.78, 5) is 16.4. The fourth-order valence-electron chi connectivity index (χ4n) is 4.04. The van der Waals surface area contributed by atoms with Crippen LogP contribution in [0.4, 0.5) is 0 Å². The van der Waals surface area contributed by atoms with E-state index in [2.05, 4.69) is 68.5 Å². The molecule has 31 heavy (non-hydrogen) atoms. The first-order chi connectivity index (χ1) is 15.2. The van der Waals surface area contributed by atoms with Crippen LogP contribution in [0.2, 0.25) is 0 Å². The van der Waals surface area contributed by atoms with E-state index >= 15 is 0 Å². The summed E-state index contributed by atoms with van der Waals surface area (Å²) >= 11 is 3.22. The van der Waals surface area contributed by atoms with Gasteiger partial charge in [0.1, 0.15) is 0 Å². The number of nitrogens with zero attached hydrogens (tertiary/aromatic N) is 4. The molecule has 3 heterocycles. The number of amides is 1. The first kappa shape index (κ1) is 22.0. The minimum Gasteiger partial charge on any atom is -0.353 e. The number of benzene rings is 1. The van der Waals surface area contributed by atoms with Crippen molar-refractivity contribution >= 4 is 29.0 Å². The van der Waals surface area contributed by atoms with Crippen molar-refractivity contribution < 1.29 is 4.79 Å². The normalized spacial score (nSPS) is 15.3. The summed E-state index contributed by atoms with van der Waals surface area (Å²) in [6.45, 7) is 7.78. The lowest BCUT2D eigenvalue weighted by atomic mass is 10.1. The maximum absolute atomic E-state index is 12.6. The minimum atomic E-state index is 0.0360. The molecule has 1 aliphatic rings. The summed E-state index contributed by atoms with van der Waals surface area (Å²) < 4.78 is 2.08. The summed E-state index contributed by atoms with van der Waals surface area (Å²) in [6.07, 6.45) is 2.48. The molecule has 1 unspecified atom stereocenters. The van der Waals surface area contributed by atoms with E-state index in [-0.39, 0.29) is 11.9 Å². The lowest BCUT2D eigenvalue weighted by Crippen LogP contribution is -2.37. The topological polar surface area (TPSA) is 63.1 Å². The molecule has 1 fully saturated rings. The molecule has 6 nitrogen and oxygen atoms in total. The number of likely N-dealkylation sites (tertiary alicyclic amines) is 1. The summed E-state index contributed by atoms with van der Waals surface area (Å²) in [7, 11) is 0. The molecule has 1 aliphatic heterocycles. The van der Waals surface area contributed by atoms with E-state index in [0.29, 0.717) is 12.3 Å². The van der Waals surface area contributed by atoms with Crippen LogP contribution in [-0.2, 0) is 11.3 Å². The minimum absolute atomic E-state index is 0.0360. The van der Waals surface area contributed by atoms with Crippen molar-refractivity contribution in [2.45, 2.75) is 44.4 Å². The number of nitrogens with one attached hydrogen (secondary N) is 1. The summed E-state index contributed by atoms with van der Waals surface area (Å²) in [5, 5.41) is 14.8. The fraction of sp³-hybridized carbons (Fsp3) is 0.435. The predicted octanol–water partition coefficient (Wildman–Crippen LogP) is 4.38. The van der Waals surface area contributed by atoms with Crippen LogP contribution in [0.3, 0.4) is 0 Å². The van der Waals surface area contributed by atoms with Crippen LogP contribution >= 0.6 is 23.1 Å². The van der Waals surface area contributed by atoms with E-state index in [4.69, 9.17) is 0 Å². The molecule has 8 heteroatoms. The number of aryl methyl sites for hydroxylation is 1. The lowest BCUT2D eigenvalue weighted by molar-refractivity contribution is -0.118. The Balaban J connectivity index is 1.37. The molecule has 1 saturated heterocycles. The second-order valence-corrected chi connectivity index (χ2v) is 9.65. The average molecular weight is 456 g/mol. The molecule has 0 aliphatic carbocycles. The Labute approximate surface area is 192 Å². The monoisotopic (exact) mass is 455 g/mol. The van der Waals surface area contributed by atoms with Gasteiger partial charge in [-0.1, -0.05) is 42.1 Å². The first-order valence-corrected chi connectivity index (χ1v) is 12.7. The molecule has 0 radical (unpaired) electrons. The second-order valence-electron chi connectivity index (χ2n) is 7.73. The lowest BCUT2D eigenvalue weighted by Gasteiger charge is -2.26. The fourth-order valence-corrected chi connectivity index (χ4v) is 5.73. The van der Waals surface area contributed by atoms with Gasteiger partial charge >= 0.3 is 0 Å². The number of thioether (sulfide) groups is 1. The summed E-state index contributed by atoms with van der Waals surface area (Å²) in [6, 6.07) is 12.7. The third kappa shape index (κ3) is 5.19. The van der Waals surface area contributed by atoms with Crippen LogP contribution in [0.25, 0.3) is 11.4 Å². The van der Waals surface area contributed by atoms with E-state index < -0.39 is 0 Å². The number of rotatable bonds is 9. The molecule has 1 atom stereocenters. The Morgan fingerprint density at radius 1 is 1.19 bits per heavy atom. The quantitative estimate of drug-likeness (QED) is 0.485. The van der Waals surface area contributed by atoms with Gasteiger partial charge < -0.3 is 9.88 Å². The van der Waals surface area contributed by atoms with Crippen molar-refractivity contribution in [1.82, 2.24) is 25.0 Å². The highest BCUT2D eigenvalue weighted by molar-refractivity contribution is 7.99. The van der Waals surface area contributed by atoms with Gasteiger partial charge in [-0.25, -0.2) is 0 Å². The zero-order valence-corrected chi connectivity index (χ0v) is 19.7. The molecule has 3 aromatic rings. The van der Waals surface area contributed by atoms with E-state index in [1.807, 2.05) is 12.1 Å². The zero-order valence-electron chi connectivity index (χ0n) is 18.1. The van der Waals surface area contributed by atoms with Crippen LogP contribution in [0, 0.1) is 6.92 Å². The highest BCUT2D eigenvalue weighted by atomic mass is 32.2. The molecule has 4 rings (SSSR count). The van der Waals surface area contributed by atoms with Crippen LogP contribution in [0.1, 0.15) is 36.2 Å². The number of thiophene rings is 1. The molecular weight excluding hydrogens is 426 g/mol. The Hall–Kier alpha value is -2.16. The smallest absolute Gasteiger partial charge is 0.230 e. The summed E-state index contributed by atoms with van der Waals surface area (Å²) in [5.74, 6) is 1.23. The van der Waals surface area contributed by atoms with E-state index in [9.17, 15) is 4.79 Å². The molecule has 164 valence electrons. The Bertz CT molecular complexity index is 995. The Morgan fingerprint density at radius 2 is 2.00 bits per heavy atom. The van der Waals surface area contributed by atoms with Crippen molar-refractivity contribution in [2.24, 2.45) is 0 Å². The predicted molar refractivity (Wildman–Crippen MR) is 127 cm³/mol. The average Bonchev–Trinajstić information content (AvgIpc) is 3.55. The van der Waals surface area contributed by atoms with Crippen LogP contribution in [-0.4, -0.2) is 51.0 Å². The van der Waals surface area contributed by atoms with E-state index in [0.717, 1.165) is 36.2 Å². The molecule has 0 saturated carbocycles. The van der Waals surface area contributed by atoms with Gasteiger partial charge in [0.25, 0.3) is 0 Å². The molecule has 1 amide bonds. The zero-order chi connectivity index (χ0) is 21.6. The Kier molecular flexibility index (Phi) is 7.42. The first-order valence-electron chi connectivity index (χ1n) is 10.8.